The first-order chi connectivity index (χ1) is 13.5. The predicted molar refractivity (Wildman–Crippen MR) is 106 cm³/mol. The first-order valence-electron chi connectivity index (χ1n) is 9.88. The topological polar surface area (TPSA) is 54.5 Å². The Morgan fingerprint density at radius 3 is 2.54 bits per heavy atom. The number of anilines is 1. The maximum absolute atomic E-state index is 13.0. The van der Waals surface area contributed by atoms with Gasteiger partial charge < -0.3 is 15.0 Å². The monoisotopic (exact) mass is 383 g/mol. The van der Waals surface area contributed by atoms with Gasteiger partial charge in [0.1, 0.15) is 11.6 Å². The number of rotatable bonds is 5. The van der Waals surface area contributed by atoms with Crippen LogP contribution in [0.2, 0.25) is 0 Å². The van der Waals surface area contributed by atoms with Gasteiger partial charge in [-0.25, -0.2) is 9.37 Å². The molecule has 1 aromatic heterocycles. The number of carbonyl (C=O) groups excluding carboxylic acids is 1. The Bertz CT molecular complexity index is 815. The highest BCUT2D eigenvalue weighted by Gasteiger charge is 2.43. The second-order valence-corrected chi connectivity index (χ2v) is 7.90. The molecule has 4 unspecified atom stereocenters. The van der Waals surface area contributed by atoms with E-state index in [0.717, 1.165) is 36.5 Å². The van der Waals surface area contributed by atoms with E-state index >= 15 is 0 Å². The van der Waals surface area contributed by atoms with Crippen molar-refractivity contribution in [2.75, 3.05) is 18.0 Å². The molecule has 0 spiro atoms. The van der Waals surface area contributed by atoms with Crippen molar-refractivity contribution in [2.45, 2.75) is 44.9 Å². The van der Waals surface area contributed by atoms with Crippen LogP contribution in [0.1, 0.15) is 37.3 Å². The molecule has 148 valence electrons. The number of hydrogen-bond donors (Lipinski definition) is 1. The van der Waals surface area contributed by atoms with Crippen molar-refractivity contribution >= 4 is 11.7 Å². The lowest BCUT2D eigenvalue weighted by Crippen LogP contribution is -2.45. The number of benzene rings is 1. The number of hydrogen-bond acceptors (Lipinski definition) is 4. The molecule has 2 heterocycles. The molecule has 0 radical (unpaired) electrons. The van der Waals surface area contributed by atoms with Gasteiger partial charge in [0.25, 0.3) is 0 Å². The molecule has 1 saturated heterocycles. The van der Waals surface area contributed by atoms with E-state index in [4.69, 9.17) is 4.74 Å². The lowest BCUT2D eigenvalue weighted by Gasteiger charge is -2.36. The lowest BCUT2D eigenvalue weighted by atomic mass is 10.1. The van der Waals surface area contributed by atoms with E-state index in [9.17, 15) is 9.18 Å². The normalized spacial score (nSPS) is 26.8. The third-order valence-electron chi connectivity index (χ3n) is 5.44. The maximum Gasteiger partial charge on any atom is 0.224 e. The second kappa shape index (κ2) is 7.87. The smallest absolute Gasteiger partial charge is 0.224 e. The average molecular weight is 383 g/mol. The molecule has 1 amide bonds. The van der Waals surface area contributed by atoms with Crippen molar-refractivity contribution in [3.8, 4) is 0 Å². The van der Waals surface area contributed by atoms with Crippen LogP contribution in [-0.2, 0) is 16.1 Å². The standard InChI is InChI=1S/C22H26FN3O2/c1-14-12-26(13-15(2)28-14)21-8-3-16(10-24-21)11-25-22(27)20-9-19(20)17-4-6-18(23)7-5-17/h3-8,10,14-15,19-20H,9,11-13H2,1-2H3,(H,25,27). The first-order valence-corrected chi connectivity index (χ1v) is 9.88. The van der Waals surface area contributed by atoms with Crippen molar-refractivity contribution in [3.05, 3.63) is 59.5 Å². The molecule has 1 aliphatic heterocycles. The van der Waals surface area contributed by atoms with Crippen LogP contribution in [-0.4, -0.2) is 36.2 Å². The largest absolute Gasteiger partial charge is 0.372 e. The minimum Gasteiger partial charge on any atom is -0.372 e. The van der Waals surface area contributed by atoms with Crippen molar-refractivity contribution in [1.82, 2.24) is 10.3 Å². The highest BCUT2D eigenvalue weighted by atomic mass is 19.1. The van der Waals surface area contributed by atoms with Crippen LogP contribution in [0.5, 0.6) is 0 Å². The van der Waals surface area contributed by atoms with Crippen LogP contribution < -0.4 is 10.2 Å². The Labute approximate surface area is 164 Å². The molecular weight excluding hydrogens is 357 g/mol. The van der Waals surface area contributed by atoms with Crippen LogP contribution in [0.4, 0.5) is 10.2 Å². The van der Waals surface area contributed by atoms with Crippen molar-refractivity contribution in [3.63, 3.8) is 0 Å². The summed E-state index contributed by atoms with van der Waals surface area (Å²) >= 11 is 0. The van der Waals surface area contributed by atoms with E-state index in [1.54, 1.807) is 12.1 Å². The van der Waals surface area contributed by atoms with E-state index < -0.39 is 0 Å². The van der Waals surface area contributed by atoms with Crippen LogP contribution in [0.25, 0.3) is 0 Å². The molecule has 2 aliphatic rings. The van der Waals surface area contributed by atoms with Crippen molar-refractivity contribution in [2.24, 2.45) is 5.92 Å². The predicted octanol–water partition coefficient (Wildman–Crippen LogP) is 3.25. The zero-order chi connectivity index (χ0) is 19.7. The number of pyridine rings is 1. The second-order valence-electron chi connectivity index (χ2n) is 7.90. The highest BCUT2D eigenvalue weighted by molar-refractivity contribution is 5.82. The number of nitrogens with zero attached hydrogens (tertiary/aromatic N) is 2. The van der Waals surface area contributed by atoms with Gasteiger partial charge in [0.15, 0.2) is 0 Å². The fraction of sp³-hybridized carbons (Fsp3) is 0.455. The van der Waals surface area contributed by atoms with Gasteiger partial charge in [0.05, 0.1) is 12.2 Å². The summed E-state index contributed by atoms with van der Waals surface area (Å²) in [6.07, 6.45) is 3.03. The van der Waals surface area contributed by atoms with E-state index in [1.807, 2.05) is 18.3 Å². The van der Waals surface area contributed by atoms with Gasteiger partial charge in [-0.1, -0.05) is 18.2 Å². The van der Waals surface area contributed by atoms with E-state index in [0.29, 0.717) is 6.54 Å². The number of aromatic nitrogens is 1. The number of amides is 1. The summed E-state index contributed by atoms with van der Waals surface area (Å²) in [7, 11) is 0. The molecule has 1 aromatic carbocycles. The number of morpholine rings is 1. The van der Waals surface area contributed by atoms with Gasteiger partial charge in [-0.15, -0.1) is 0 Å². The fourth-order valence-electron chi connectivity index (χ4n) is 3.96. The molecule has 2 aromatic rings. The third-order valence-corrected chi connectivity index (χ3v) is 5.44. The van der Waals surface area contributed by atoms with Gasteiger partial charge >= 0.3 is 0 Å². The van der Waals surface area contributed by atoms with Crippen molar-refractivity contribution < 1.29 is 13.9 Å². The molecule has 1 aliphatic carbocycles. The summed E-state index contributed by atoms with van der Waals surface area (Å²) < 4.78 is 18.8. The Kier molecular flexibility index (Phi) is 5.31. The Hall–Kier alpha value is -2.47. The summed E-state index contributed by atoms with van der Waals surface area (Å²) in [6.45, 7) is 6.28. The highest BCUT2D eigenvalue weighted by Crippen LogP contribution is 2.47. The third kappa shape index (κ3) is 4.33. The molecule has 4 rings (SSSR count). The van der Waals surface area contributed by atoms with Crippen LogP contribution in [0, 0.1) is 11.7 Å². The molecule has 28 heavy (non-hydrogen) atoms. The zero-order valence-electron chi connectivity index (χ0n) is 16.3. The average Bonchev–Trinajstić information content (AvgIpc) is 3.47. The first kappa shape index (κ1) is 18.9. The summed E-state index contributed by atoms with van der Waals surface area (Å²) in [6, 6.07) is 10.5. The molecular formula is C22H26FN3O2. The Balaban J connectivity index is 1.28. The van der Waals surface area contributed by atoms with E-state index in [1.165, 1.54) is 12.1 Å². The van der Waals surface area contributed by atoms with Crippen LogP contribution >= 0.6 is 0 Å². The van der Waals surface area contributed by atoms with E-state index in [-0.39, 0.29) is 35.8 Å². The number of carbonyl (C=O) groups is 1. The molecule has 4 atom stereocenters. The summed E-state index contributed by atoms with van der Waals surface area (Å²) in [5.41, 5.74) is 2.01. The maximum atomic E-state index is 13.0. The molecule has 2 fully saturated rings. The SMILES string of the molecule is CC1CN(c2ccc(CNC(=O)C3CC3c3ccc(F)cc3)cn2)CC(C)O1. The van der Waals surface area contributed by atoms with Gasteiger partial charge in [0, 0.05) is 31.7 Å². The lowest BCUT2D eigenvalue weighted by molar-refractivity contribution is -0.122. The van der Waals surface area contributed by atoms with Gasteiger partial charge in [-0.3, -0.25) is 4.79 Å². The number of ether oxygens (including phenoxy) is 1. The summed E-state index contributed by atoms with van der Waals surface area (Å²) in [4.78, 5) is 19.2. The molecule has 1 N–H and O–H groups in total. The van der Waals surface area contributed by atoms with Gasteiger partial charge in [-0.2, -0.15) is 0 Å². The summed E-state index contributed by atoms with van der Waals surface area (Å²) in [5, 5.41) is 3.00. The molecule has 0 bridgehead atoms. The zero-order valence-corrected chi connectivity index (χ0v) is 16.3. The number of halogens is 1. The number of nitrogens with one attached hydrogen (secondary N) is 1. The van der Waals surface area contributed by atoms with E-state index in [2.05, 4.69) is 29.0 Å². The molecule has 6 heteroatoms. The molecule has 5 nitrogen and oxygen atoms in total. The van der Waals surface area contributed by atoms with Gasteiger partial charge in [-0.05, 0) is 55.5 Å². The fourth-order valence-corrected chi connectivity index (χ4v) is 3.96. The Morgan fingerprint density at radius 1 is 1.18 bits per heavy atom. The Morgan fingerprint density at radius 2 is 1.89 bits per heavy atom. The minimum absolute atomic E-state index is 0.0194. The molecule has 1 saturated carbocycles. The minimum atomic E-state index is -0.248. The van der Waals surface area contributed by atoms with Gasteiger partial charge in [0.2, 0.25) is 5.91 Å². The van der Waals surface area contributed by atoms with Crippen molar-refractivity contribution in [1.29, 1.82) is 0 Å². The quantitative estimate of drug-likeness (QED) is 0.861. The van der Waals surface area contributed by atoms with Crippen LogP contribution in [0.3, 0.4) is 0 Å². The summed E-state index contributed by atoms with van der Waals surface area (Å²) in [5.74, 6) is 0.924. The van der Waals surface area contributed by atoms with Crippen LogP contribution in [0.15, 0.2) is 42.6 Å².